The number of rotatable bonds is 9. The molecule has 0 unspecified atom stereocenters. The molecule has 2 aromatic rings. The number of amides is 2. The molecule has 1 heterocycles. The molecule has 160 valence electrons. The number of para-hydroxylation sites is 1. The lowest BCUT2D eigenvalue weighted by atomic mass is 9.99. The van der Waals surface area contributed by atoms with Crippen molar-refractivity contribution in [1.82, 2.24) is 15.5 Å². The Hall–Kier alpha value is -2.86. The van der Waals surface area contributed by atoms with Gasteiger partial charge in [0.1, 0.15) is 5.75 Å². The number of likely N-dealkylation sites (tertiary alicyclic amines) is 1. The van der Waals surface area contributed by atoms with Gasteiger partial charge in [-0.1, -0.05) is 49.4 Å². The number of carbonyl (C=O) groups is 2. The van der Waals surface area contributed by atoms with Crippen LogP contribution in [0.5, 0.6) is 5.75 Å². The van der Waals surface area contributed by atoms with E-state index in [2.05, 4.69) is 34.6 Å². The minimum atomic E-state index is -0.325. The van der Waals surface area contributed by atoms with Gasteiger partial charge in [-0.15, -0.1) is 0 Å². The van der Waals surface area contributed by atoms with Gasteiger partial charge >= 0.3 is 0 Å². The second-order valence-electron chi connectivity index (χ2n) is 7.91. The van der Waals surface area contributed by atoms with Crippen molar-refractivity contribution in [1.29, 1.82) is 0 Å². The Balaban J connectivity index is 1.40. The van der Waals surface area contributed by atoms with Crippen LogP contribution in [0.2, 0.25) is 0 Å². The lowest BCUT2D eigenvalue weighted by molar-refractivity contribution is -0.127. The van der Waals surface area contributed by atoms with Crippen LogP contribution in [-0.4, -0.2) is 43.0 Å². The van der Waals surface area contributed by atoms with E-state index in [9.17, 15) is 9.59 Å². The van der Waals surface area contributed by atoms with E-state index < -0.39 is 0 Å². The van der Waals surface area contributed by atoms with E-state index >= 15 is 0 Å². The van der Waals surface area contributed by atoms with E-state index in [0.29, 0.717) is 12.3 Å². The first-order chi connectivity index (χ1) is 14.6. The van der Waals surface area contributed by atoms with Gasteiger partial charge in [0.15, 0.2) is 6.61 Å². The Kier molecular flexibility index (Phi) is 8.27. The first-order valence-electron chi connectivity index (χ1n) is 10.6. The molecule has 0 radical (unpaired) electrons. The number of hydrogen-bond donors (Lipinski definition) is 2. The molecule has 2 N–H and O–H groups in total. The third-order valence-corrected chi connectivity index (χ3v) is 5.29. The van der Waals surface area contributed by atoms with Gasteiger partial charge in [-0.25, -0.2) is 0 Å². The van der Waals surface area contributed by atoms with Gasteiger partial charge in [0.2, 0.25) is 5.91 Å². The maximum atomic E-state index is 12.2. The number of piperidine rings is 1. The number of ether oxygens (including phenoxy) is 1. The number of carbonyl (C=O) groups excluding carboxylic acids is 2. The van der Waals surface area contributed by atoms with Crippen molar-refractivity contribution < 1.29 is 14.3 Å². The summed E-state index contributed by atoms with van der Waals surface area (Å²) in [6.07, 6.45) is 2.55. The van der Waals surface area contributed by atoms with Crippen molar-refractivity contribution >= 4 is 11.8 Å². The second-order valence-corrected chi connectivity index (χ2v) is 7.91. The van der Waals surface area contributed by atoms with Crippen molar-refractivity contribution in [2.45, 2.75) is 32.9 Å². The van der Waals surface area contributed by atoms with Crippen molar-refractivity contribution in [3.8, 4) is 5.75 Å². The monoisotopic (exact) mass is 409 g/mol. The van der Waals surface area contributed by atoms with Crippen LogP contribution in [-0.2, 0) is 22.7 Å². The predicted octanol–water partition coefficient (Wildman–Crippen LogP) is 2.73. The van der Waals surface area contributed by atoms with Gasteiger partial charge in [-0.2, -0.15) is 0 Å². The minimum Gasteiger partial charge on any atom is -0.484 e. The number of hydrogen-bond acceptors (Lipinski definition) is 4. The summed E-state index contributed by atoms with van der Waals surface area (Å²) in [5.74, 6) is 0.815. The summed E-state index contributed by atoms with van der Waals surface area (Å²) in [4.78, 5) is 26.5. The van der Waals surface area contributed by atoms with Crippen LogP contribution in [0.4, 0.5) is 0 Å². The Morgan fingerprint density at radius 1 is 1.00 bits per heavy atom. The van der Waals surface area contributed by atoms with Crippen LogP contribution in [0.1, 0.15) is 30.9 Å². The molecule has 6 heteroatoms. The molecule has 0 saturated carbocycles. The van der Waals surface area contributed by atoms with E-state index in [1.165, 1.54) is 18.4 Å². The van der Waals surface area contributed by atoms with Crippen LogP contribution in [0.3, 0.4) is 0 Å². The molecular weight excluding hydrogens is 378 g/mol. The van der Waals surface area contributed by atoms with Crippen molar-refractivity contribution in [3.63, 3.8) is 0 Å². The first-order valence-corrected chi connectivity index (χ1v) is 10.6. The number of nitrogens with zero attached hydrogens (tertiary/aromatic N) is 1. The normalized spacial score (nSPS) is 16.6. The Labute approximate surface area is 178 Å². The molecule has 30 heavy (non-hydrogen) atoms. The first kappa shape index (κ1) is 21.8. The third-order valence-electron chi connectivity index (χ3n) is 5.29. The highest BCUT2D eigenvalue weighted by atomic mass is 16.5. The van der Waals surface area contributed by atoms with E-state index in [1.807, 2.05) is 30.3 Å². The van der Waals surface area contributed by atoms with Crippen LogP contribution in [0.15, 0.2) is 54.6 Å². The maximum absolute atomic E-state index is 12.2. The van der Waals surface area contributed by atoms with Gasteiger partial charge in [0, 0.05) is 19.6 Å². The molecule has 1 atom stereocenters. The van der Waals surface area contributed by atoms with Gasteiger partial charge in [-0.05, 0) is 48.6 Å². The van der Waals surface area contributed by atoms with Crippen LogP contribution in [0.25, 0.3) is 0 Å². The molecule has 1 aliphatic rings. The zero-order valence-electron chi connectivity index (χ0n) is 17.6. The third kappa shape index (κ3) is 7.19. The minimum absolute atomic E-state index is 0.0667. The maximum Gasteiger partial charge on any atom is 0.258 e. The van der Waals surface area contributed by atoms with E-state index in [-0.39, 0.29) is 25.0 Å². The second kappa shape index (κ2) is 11.4. The van der Waals surface area contributed by atoms with Crippen LogP contribution >= 0.6 is 0 Å². The molecule has 1 saturated heterocycles. The largest absolute Gasteiger partial charge is 0.484 e. The molecule has 1 fully saturated rings. The lowest BCUT2D eigenvalue weighted by Crippen LogP contribution is -2.39. The Morgan fingerprint density at radius 3 is 2.50 bits per heavy atom. The molecule has 2 amide bonds. The average Bonchev–Trinajstić information content (AvgIpc) is 2.76. The van der Waals surface area contributed by atoms with Crippen molar-refractivity contribution in [2.75, 3.05) is 26.2 Å². The van der Waals surface area contributed by atoms with Gasteiger partial charge in [0.05, 0.1) is 6.54 Å². The fraction of sp³-hybridized carbons (Fsp3) is 0.417. The smallest absolute Gasteiger partial charge is 0.258 e. The molecule has 0 bridgehead atoms. The summed E-state index contributed by atoms with van der Waals surface area (Å²) in [5, 5.41) is 5.49. The molecule has 0 spiro atoms. The summed E-state index contributed by atoms with van der Waals surface area (Å²) >= 11 is 0. The Morgan fingerprint density at radius 2 is 1.73 bits per heavy atom. The zero-order chi connectivity index (χ0) is 21.2. The Bertz CT molecular complexity index is 825. The van der Waals surface area contributed by atoms with Gasteiger partial charge in [0.25, 0.3) is 5.91 Å². The van der Waals surface area contributed by atoms with Gasteiger partial charge in [-0.3, -0.25) is 14.5 Å². The standard InChI is InChI=1S/C24H31N3O3/c1-19-8-7-13-27(16-19)17-21-10-6-5-9-20(21)14-25-23(28)15-26-24(29)18-30-22-11-3-2-4-12-22/h2-6,9-12,19H,7-8,13-18H2,1H3,(H,25,28)(H,26,29)/t19-/m1/s1. The highest BCUT2D eigenvalue weighted by Crippen LogP contribution is 2.19. The van der Waals surface area contributed by atoms with E-state index in [4.69, 9.17) is 4.74 Å². The molecule has 3 rings (SSSR count). The topological polar surface area (TPSA) is 70.7 Å². The van der Waals surface area contributed by atoms with Crippen LogP contribution in [0, 0.1) is 5.92 Å². The number of benzene rings is 2. The summed E-state index contributed by atoms with van der Waals surface area (Å²) in [6.45, 7) is 5.73. The summed E-state index contributed by atoms with van der Waals surface area (Å²) < 4.78 is 5.38. The quantitative estimate of drug-likeness (QED) is 0.668. The van der Waals surface area contributed by atoms with Crippen LogP contribution < -0.4 is 15.4 Å². The van der Waals surface area contributed by atoms with E-state index in [1.54, 1.807) is 12.1 Å². The van der Waals surface area contributed by atoms with E-state index in [0.717, 1.165) is 31.1 Å². The zero-order valence-corrected chi connectivity index (χ0v) is 17.6. The highest BCUT2D eigenvalue weighted by Gasteiger charge is 2.17. The molecule has 1 aliphatic heterocycles. The van der Waals surface area contributed by atoms with Crippen molar-refractivity contribution in [2.24, 2.45) is 5.92 Å². The summed E-state index contributed by atoms with van der Waals surface area (Å²) in [5.41, 5.74) is 2.36. The SMILES string of the molecule is C[C@@H]1CCCN(Cc2ccccc2CNC(=O)CNC(=O)COc2ccccc2)C1. The molecule has 2 aromatic carbocycles. The molecular formula is C24H31N3O3. The highest BCUT2D eigenvalue weighted by molar-refractivity contribution is 5.85. The summed E-state index contributed by atoms with van der Waals surface area (Å²) in [6, 6.07) is 17.3. The molecule has 0 aliphatic carbocycles. The fourth-order valence-electron chi connectivity index (χ4n) is 3.71. The molecule has 6 nitrogen and oxygen atoms in total. The fourth-order valence-corrected chi connectivity index (χ4v) is 3.71. The molecule has 0 aromatic heterocycles. The van der Waals surface area contributed by atoms with Crippen molar-refractivity contribution in [3.05, 3.63) is 65.7 Å². The summed E-state index contributed by atoms with van der Waals surface area (Å²) in [7, 11) is 0. The van der Waals surface area contributed by atoms with Gasteiger partial charge < -0.3 is 15.4 Å². The average molecular weight is 410 g/mol. The number of nitrogens with one attached hydrogen (secondary N) is 2. The lowest BCUT2D eigenvalue weighted by Gasteiger charge is -2.31. The predicted molar refractivity (Wildman–Crippen MR) is 117 cm³/mol.